The molecule has 0 radical (unpaired) electrons. The maximum atomic E-state index is 12.2. The van der Waals surface area contributed by atoms with Crippen LogP contribution in [0, 0.1) is 11.3 Å². The first-order valence-corrected chi connectivity index (χ1v) is 6.66. The number of nitriles is 1. The highest BCUT2D eigenvalue weighted by Crippen LogP contribution is 2.17. The van der Waals surface area contributed by atoms with Gasteiger partial charge in [0.25, 0.3) is 0 Å². The average Bonchev–Trinajstić information content (AvgIpc) is 2.48. The van der Waals surface area contributed by atoms with Gasteiger partial charge < -0.3 is 0 Å². The Hall–Kier alpha value is -2.35. The highest BCUT2D eigenvalue weighted by molar-refractivity contribution is 6.53. The van der Waals surface area contributed by atoms with Crippen molar-refractivity contribution in [2.75, 3.05) is 5.43 Å². The molecular formula is C15H9Cl2N3O. The quantitative estimate of drug-likeness (QED) is 0.523. The van der Waals surface area contributed by atoms with Gasteiger partial charge in [-0.15, -0.1) is 0 Å². The number of anilines is 1. The molecule has 0 aromatic heterocycles. The molecule has 0 heterocycles. The molecule has 6 heteroatoms. The number of carbonyl (C=O) groups is 1. The smallest absolute Gasteiger partial charge is 0.225 e. The van der Waals surface area contributed by atoms with Gasteiger partial charge >= 0.3 is 0 Å². The Labute approximate surface area is 131 Å². The molecular weight excluding hydrogens is 309 g/mol. The van der Waals surface area contributed by atoms with Crippen molar-refractivity contribution < 1.29 is 4.79 Å². The van der Waals surface area contributed by atoms with Crippen LogP contribution in [0.15, 0.2) is 53.6 Å². The predicted molar refractivity (Wildman–Crippen MR) is 83.9 cm³/mol. The average molecular weight is 318 g/mol. The Morgan fingerprint density at radius 1 is 1.14 bits per heavy atom. The van der Waals surface area contributed by atoms with Gasteiger partial charge in [0.05, 0.1) is 10.7 Å². The molecule has 2 aromatic carbocycles. The maximum Gasteiger partial charge on any atom is 0.225 e. The molecule has 104 valence electrons. The lowest BCUT2D eigenvalue weighted by atomic mass is 10.1. The van der Waals surface area contributed by atoms with Crippen molar-refractivity contribution in [1.82, 2.24) is 0 Å². The number of ketones is 1. The first kappa shape index (κ1) is 15.0. The number of hydrogen-bond acceptors (Lipinski definition) is 4. The fraction of sp³-hybridized carbons (Fsp3) is 0. The molecule has 2 aromatic rings. The molecule has 0 aliphatic carbocycles. The van der Waals surface area contributed by atoms with Crippen LogP contribution >= 0.6 is 23.2 Å². The van der Waals surface area contributed by atoms with Gasteiger partial charge in [-0.25, -0.2) is 0 Å². The third-order valence-corrected chi connectivity index (χ3v) is 3.13. The van der Waals surface area contributed by atoms with Gasteiger partial charge in [-0.3, -0.25) is 10.2 Å². The lowest BCUT2D eigenvalue weighted by molar-refractivity contribution is 0.106. The van der Waals surface area contributed by atoms with E-state index >= 15 is 0 Å². The van der Waals surface area contributed by atoms with Crippen LogP contribution in [-0.2, 0) is 0 Å². The zero-order chi connectivity index (χ0) is 15.2. The van der Waals surface area contributed by atoms with E-state index in [4.69, 9.17) is 28.5 Å². The van der Waals surface area contributed by atoms with Crippen molar-refractivity contribution in [3.63, 3.8) is 0 Å². The number of hydrazone groups is 1. The van der Waals surface area contributed by atoms with Gasteiger partial charge in [-0.2, -0.15) is 10.4 Å². The highest BCUT2D eigenvalue weighted by atomic mass is 35.5. The lowest BCUT2D eigenvalue weighted by Crippen LogP contribution is -2.14. The molecule has 0 unspecified atom stereocenters. The van der Waals surface area contributed by atoms with Crippen LogP contribution in [0.2, 0.25) is 10.0 Å². The molecule has 0 fully saturated rings. The van der Waals surface area contributed by atoms with E-state index in [1.54, 1.807) is 48.5 Å². The number of nitrogens with one attached hydrogen (secondary N) is 1. The van der Waals surface area contributed by atoms with E-state index in [-0.39, 0.29) is 16.3 Å². The van der Waals surface area contributed by atoms with Gasteiger partial charge in [0.15, 0.2) is 0 Å². The monoisotopic (exact) mass is 317 g/mol. The second-order valence-electron chi connectivity index (χ2n) is 4.00. The van der Waals surface area contributed by atoms with Crippen molar-refractivity contribution in [3.8, 4) is 6.07 Å². The van der Waals surface area contributed by atoms with E-state index in [2.05, 4.69) is 10.5 Å². The minimum Gasteiger partial charge on any atom is -0.286 e. The van der Waals surface area contributed by atoms with E-state index in [1.807, 2.05) is 0 Å². The van der Waals surface area contributed by atoms with Gasteiger partial charge in [0, 0.05) is 10.6 Å². The minimum absolute atomic E-state index is 0.229. The fourth-order valence-corrected chi connectivity index (χ4v) is 1.99. The summed E-state index contributed by atoms with van der Waals surface area (Å²) in [5.41, 5.74) is 3.14. The third kappa shape index (κ3) is 3.82. The Morgan fingerprint density at radius 3 is 2.57 bits per heavy atom. The zero-order valence-corrected chi connectivity index (χ0v) is 12.2. The summed E-state index contributed by atoms with van der Waals surface area (Å²) in [5.74, 6) is -0.544. The number of benzene rings is 2. The first-order valence-electron chi connectivity index (χ1n) is 5.90. The van der Waals surface area contributed by atoms with Gasteiger partial charge in [0.1, 0.15) is 6.07 Å². The van der Waals surface area contributed by atoms with E-state index in [0.29, 0.717) is 10.7 Å². The fourth-order valence-electron chi connectivity index (χ4n) is 1.58. The van der Waals surface area contributed by atoms with E-state index < -0.39 is 5.78 Å². The summed E-state index contributed by atoms with van der Waals surface area (Å²) in [7, 11) is 0. The van der Waals surface area contributed by atoms with Crippen molar-refractivity contribution in [2.45, 2.75) is 0 Å². The molecule has 0 saturated heterocycles. The topological polar surface area (TPSA) is 65.2 Å². The summed E-state index contributed by atoms with van der Waals surface area (Å²) in [4.78, 5) is 12.2. The standard InChI is InChI=1S/C15H9Cl2N3O/c16-10-4-3-5-11(8-10)19-20-14(9-18)15(21)12-6-1-2-7-13(12)17/h1-8,19H/b20-14-. The molecule has 21 heavy (non-hydrogen) atoms. The van der Waals surface area contributed by atoms with Crippen LogP contribution in [0.5, 0.6) is 0 Å². The highest BCUT2D eigenvalue weighted by Gasteiger charge is 2.16. The van der Waals surface area contributed by atoms with Crippen LogP contribution in [0.1, 0.15) is 10.4 Å². The van der Waals surface area contributed by atoms with E-state index in [0.717, 1.165) is 0 Å². The summed E-state index contributed by atoms with van der Waals surface area (Å²) in [6, 6.07) is 15.0. The van der Waals surface area contributed by atoms with Crippen LogP contribution in [0.25, 0.3) is 0 Å². The Bertz CT molecular complexity index is 751. The SMILES string of the molecule is N#C/C(=N/Nc1cccc(Cl)c1)C(=O)c1ccccc1Cl. The van der Waals surface area contributed by atoms with Crippen molar-refractivity contribution >= 4 is 40.4 Å². The normalized spacial score (nSPS) is 10.8. The number of carbonyl (C=O) groups excluding carboxylic acids is 1. The molecule has 0 aliphatic rings. The summed E-state index contributed by atoms with van der Waals surface area (Å²) >= 11 is 11.8. The van der Waals surface area contributed by atoms with Crippen LogP contribution < -0.4 is 5.43 Å². The third-order valence-electron chi connectivity index (χ3n) is 2.56. The van der Waals surface area contributed by atoms with Crippen molar-refractivity contribution in [3.05, 3.63) is 64.1 Å². The molecule has 1 N–H and O–H groups in total. The second kappa shape index (κ2) is 6.89. The van der Waals surface area contributed by atoms with Crippen LogP contribution in [0.4, 0.5) is 5.69 Å². The van der Waals surface area contributed by atoms with E-state index in [1.165, 1.54) is 6.07 Å². The van der Waals surface area contributed by atoms with Crippen molar-refractivity contribution in [2.24, 2.45) is 5.10 Å². The lowest BCUT2D eigenvalue weighted by Gasteiger charge is -2.03. The second-order valence-corrected chi connectivity index (χ2v) is 4.85. The molecule has 0 amide bonds. The Kier molecular flexibility index (Phi) is 4.94. The van der Waals surface area contributed by atoms with E-state index in [9.17, 15) is 4.79 Å². The van der Waals surface area contributed by atoms with Crippen LogP contribution in [0.3, 0.4) is 0 Å². The summed E-state index contributed by atoms with van der Waals surface area (Å²) in [5, 5.41) is 13.7. The number of rotatable bonds is 4. The van der Waals surface area contributed by atoms with Gasteiger partial charge in [0.2, 0.25) is 11.5 Å². The maximum absolute atomic E-state index is 12.2. The summed E-state index contributed by atoms with van der Waals surface area (Å²) in [6.45, 7) is 0. The summed E-state index contributed by atoms with van der Waals surface area (Å²) < 4.78 is 0. The molecule has 0 aliphatic heterocycles. The van der Waals surface area contributed by atoms with Crippen LogP contribution in [-0.4, -0.2) is 11.5 Å². The molecule has 0 bridgehead atoms. The largest absolute Gasteiger partial charge is 0.286 e. The zero-order valence-electron chi connectivity index (χ0n) is 10.7. The van der Waals surface area contributed by atoms with Crippen molar-refractivity contribution in [1.29, 1.82) is 5.26 Å². The van der Waals surface area contributed by atoms with Gasteiger partial charge in [-0.05, 0) is 30.3 Å². The first-order chi connectivity index (χ1) is 10.1. The van der Waals surface area contributed by atoms with Gasteiger partial charge in [-0.1, -0.05) is 41.4 Å². The molecule has 0 saturated carbocycles. The Morgan fingerprint density at radius 2 is 1.90 bits per heavy atom. The molecule has 0 atom stereocenters. The number of halogens is 2. The Balaban J connectivity index is 2.24. The number of nitrogens with zero attached hydrogens (tertiary/aromatic N) is 2. The number of hydrogen-bond donors (Lipinski definition) is 1. The minimum atomic E-state index is -0.544. The number of Topliss-reactive ketones (excluding diaryl/α,β-unsaturated/α-hetero) is 1. The predicted octanol–water partition coefficient (Wildman–Crippen LogP) is 4.17. The molecule has 0 spiro atoms. The molecule has 2 rings (SSSR count). The molecule has 4 nitrogen and oxygen atoms in total. The summed E-state index contributed by atoms with van der Waals surface area (Å²) in [6.07, 6.45) is 0.